The molecule has 2 aromatic rings. The highest BCUT2D eigenvalue weighted by molar-refractivity contribution is 9.10. The van der Waals surface area contributed by atoms with Crippen molar-refractivity contribution in [2.24, 2.45) is 0 Å². The molecule has 0 unspecified atom stereocenters. The van der Waals surface area contributed by atoms with Gasteiger partial charge in [0.1, 0.15) is 5.75 Å². The van der Waals surface area contributed by atoms with Crippen molar-refractivity contribution in [3.05, 3.63) is 57.0 Å². The van der Waals surface area contributed by atoms with Crippen LogP contribution in [-0.4, -0.2) is 12.5 Å². The Labute approximate surface area is 156 Å². The summed E-state index contributed by atoms with van der Waals surface area (Å²) in [4.78, 5) is 12.5. The van der Waals surface area contributed by atoms with Crippen LogP contribution in [0.2, 0.25) is 5.02 Å². The summed E-state index contributed by atoms with van der Waals surface area (Å²) in [5.41, 5.74) is -0.830. The minimum atomic E-state index is -4.53. The van der Waals surface area contributed by atoms with E-state index in [0.29, 0.717) is 16.8 Å². The van der Waals surface area contributed by atoms with Crippen molar-refractivity contribution in [3.8, 4) is 5.75 Å². The molecule has 2 rings (SSSR count). The summed E-state index contributed by atoms with van der Waals surface area (Å²) < 4.78 is 44.7. The van der Waals surface area contributed by atoms with Gasteiger partial charge in [-0.15, -0.1) is 0 Å². The SMILES string of the molecule is CCCOc1ccc(Br)cc1C(=O)Nc1cc(C(F)(F)F)ccc1Cl. The highest BCUT2D eigenvalue weighted by atomic mass is 79.9. The zero-order valence-corrected chi connectivity index (χ0v) is 15.4. The Balaban J connectivity index is 2.32. The van der Waals surface area contributed by atoms with Crippen molar-refractivity contribution in [2.75, 3.05) is 11.9 Å². The number of rotatable bonds is 5. The molecule has 0 aliphatic heterocycles. The van der Waals surface area contributed by atoms with Crippen molar-refractivity contribution in [3.63, 3.8) is 0 Å². The minimum Gasteiger partial charge on any atom is -0.493 e. The van der Waals surface area contributed by atoms with Gasteiger partial charge in [-0.1, -0.05) is 34.5 Å². The Morgan fingerprint density at radius 2 is 1.96 bits per heavy atom. The number of benzene rings is 2. The average molecular weight is 437 g/mol. The Bertz CT molecular complexity index is 781. The number of alkyl halides is 3. The monoisotopic (exact) mass is 435 g/mol. The van der Waals surface area contributed by atoms with Gasteiger partial charge in [-0.3, -0.25) is 4.79 Å². The van der Waals surface area contributed by atoms with Gasteiger partial charge >= 0.3 is 6.18 Å². The molecule has 0 fully saturated rings. The van der Waals surface area contributed by atoms with E-state index in [1.165, 1.54) is 6.07 Å². The number of ether oxygens (including phenoxy) is 1. The number of amides is 1. The summed E-state index contributed by atoms with van der Waals surface area (Å²) in [6, 6.07) is 7.59. The van der Waals surface area contributed by atoms with Crippen LogP contribution < -0.4 is 10.1 Å². The number of hydrogen-bond acceptors (Lipinski definition) is 2. The van der Waals surface area contributed by atoms with Crippen molar-refractivity contribution in [1.82, 2.24) is 0 Å². The molecule has 8 heteroatoms. The fourth-order valence-corrected chi connectivity index (χ4v) is 2.53. The molecule has 0 aromatic heterocycles. The van der Waals surface area contributed by atoms with Crippen molar-refractivity contribution in [1.29, 1.82) is 0 Å². The lowest BCUT2D eigenvalue weighted by Gasteiger charge is -2.14. The van der Waals surface area contributed by atoms with Gasteiger partial charge in [0.15, 0.2) is 0 Å². The van der Waals surface area contributed by atoms with Gasteiger partial charge in [0.2, 0.25) is 0 Å². The van der Waals surface area contributed by atoms with E-state index in [0.717, 1.165) is 24.6 Å². The maximum atomic E-state index is 12.8. The summed E-state index contributed by atoms with van der Waals surface area (Å²) in [5, 5.41) is 2.42. The lowest BCUT2D eigenvalue weighted by molar-refractivity contribution is -0.137. The van der Waals surface area contributed by atoms with Gasteiger partial charge in [-0.25, -0.2) is 0 Å². The molecule has 0 radical (unpaired) electrons. The lowest BCUT2D eigenvalue weighted by atomic mass is 10.1. The molecule has 1 N–H and O–H groups in total. The highest BCUT2D eigenvalue weighted by Gasteiger charge is 2.31. The number of carbonyl (C=O) groups is 1. The van der Waals surface area contributed by atoms with E-state index in [1.807, 2.05) is 6.92 Å². The van der Waals surface area contributed by atoms with Crippen LogP contribution in [0.15, 0.2) is 40.9 Å². The lowest BCUT2D eigenvalue weighted by Crippen LogP contribution is -2.15. The van der Waals surface area contributed by atoms with Crippen LogP contribution in [0.4, 0.5) is 18.9 Å². The van der Waals surface area contributed by atoms with E-state index < -0.39 is 17.6 Å². The fraction of sp³-hybridized carbons (Fsp3) is 0.235. The largest absolute Gasteiger partial charge is 0.493 e. The number of carbonyl (C=O) groups excluding carboxylic acids is 1. The first kappa shape index (κ1) is 19.6. The molecule has 0 spiro atoms. The molecular formula is C17H14BrClF3NO2. The predicted molar refractivity (Wildman–Crippen MR) is 94.3 cm³/mol. The fourth-order valence-electron chi connectivity index (χ4n) is 2.00. The predicted octanol–water partition coefficient (Wildman–Crippen LogP) is 6.16. The first-order valence-corrected chi connectivity index (χ1v) is 8.50. The van der Waals surface area contributed by atoms with Crippen LogP contribution in [0.1, 0.15) is 29.3 Å². The number of halogens is 5. The van der Waals surface area contributed by atoms with Crippen LogP contribution >= 0.6 is 27.5 Å². The molecule has 0 aliphatic rings. The van der Waals surface area contributed by atoms with Crippen LogP contribution in [-0.2, 0) is 6.18 Å². The average Bonchev–Trinajstić information content (AvgIpc) is 2.54. The van der Waals surface area contributed by atoms with Gasteiger partial charge < -0.3 is 10.1 Å². The summed E-state index contributed by atoms with van der Waals surface area (Å²) in [6.07, 6.45) is -3.79. The van der Waals surface area contributed by atoms with Crippen LogP contribution in [0, 0.1) is 0 Å². The summed E-state index contributed by atoms with van der Waals surface area (Å²) in [6.45, 7) is 2.33. The van der Waals surface area contributed by atoms with Gasteiger partial charge in [-0.2, -0.15) is 13.2 Å². The molecule has 0 saturated carbocycles. The molecule has 0 saturated heterocycles. The van der Waals surface area contributed by atoms with E-state index in [4.69, 9.17) is 16.3 Å². The second kappa shape index (κ2) is 8.10. The quantitative estimate of drug-likeness (QED) is 0.609. The topological polar surface area (TPSA) is 38.3 Å². The zero-order chi connectivity index (χ0) is 18.6. The van der Waals surface area contributed by atoms with E-state index in [2.05, 4.69) is 21.2 Å². The molecule has 0 heterocycles. The summed E-state index contributed by atoms with van der Waals surface area (Å²) in [7, 11) is 0. The normalized spacial score (nSPS) is 11.3. The van der Waals surface area contributed by atoms with E-state index >= 15 is 0 Å². The Morgan fingerprint density at radius 1 is 1.24 bits per heavy atom. The van der Waals surface area contributed by atoms with Gasteiger partial charge in [-0.05, 0) is 42.8 Å². The molecule has 0 aliphatic carbocycles. The number of nitrogens with one attached hydrogen (secondary N) is 1. The first-order chi connectivity index (χ1) is 11.7. The Hall–Kier alpha value is -1.73. The second-order valence-corrected chi connectivity index (χ2v) is 6.46. The molecular weight excluding hydrogens is 423 g/mol. The molecule has 134 valence electrons. The molecule has 25 heavy (non-hydrogen) atoms. The Morgan fingerprint density at radius 3 is 2.60 bits per heavy atom. The molecule has 2 aromatic carbocycles. The molecule has 3 nitrogen and oxygen atoms in total. The van der Waals surface area contributed by atoms with Crippen LogP contribution in [0.25, 0.3) is 0 Å². The maximum absolute atomic E-state index is 12.8. The minimum absolute atomic E-state index is 0.00683. The van der Waals surface area contributed by atoms with Crippen LogP contribution in [0.5, 0.6) is 5.75 Å². The maximum Gasteiger partial charge on any atom is 0.416 e. The number of anilines is 1. The standard InChI is InChI=1S/C17H14BrClF3NO2/c1-2-7-25-15-6-4-11(18)9-12(15)16(24)23-14-8-10(17(20,21)22)3-5-13(14)19/h3-6,8-9H,2,7H2,1H3,(H,23,24). The first-order valence-electron chi connectivity index (χ1n) is 7.33. The van der Waals surface area contributed by atoms with Crippen LogP contribution in [0.3, 0.4) is 0 Å². The molecule has 0 atom stereocenters. The van der Waals surface area contributed by atoms with Gasteiger partial charge in [0, 0.05) is 4.47 Å². The van der Waals surface area contributed by atoms with E-state index in [-0.39, 0.29) is 16.3 Å². The smallest absolute Gasteiger partial charge is 0.416 e. The summed E-state index contributed by atoms with van der Waals surface area (Å²) in [5.74, 6) is -0.278. The third-order valence-electron chi connectivity index (χ3n) is 3.19. The van der Waals surface area contributed by atoms with Gasteiger partial charge in [0.05, 0.1) is 28.4 Å². The molecule has 0 bridgehead atoms. The Kier molecular flexibility index (Phi) is 6.35. The molecule has 1 amide bonds. The van der Waals surface area contributed by atoms with E-state index in [9.17, 15) is 18.0 Å². The zero-order valence-electron chi connectivity index (χ0n) is 13.1. The summed E-state index contributed by atoms with van der Waals surface area (Å²) >= 11 is 9.17. The van der Waals surface area contributed by atoms with Crippen molar-refractivity contribution in [2.45, 2.75) is 19.5 Å². The van der Waals surface area contributed by atoms with Gasteiger partial charge in [0.25, 0.3) is 5.91 Å². The van der Waals surface area contributed by atoms with E-state index in [1.54, 1.807) is 12.1 Å². The van der Waals surface area contributed by atoms with Crippen molar-refractivity contribution >= 4 is 39.1 Å². The second-order valence-electron chi connectivity index (χ2n) is 5.14. The third-order valence-corrected chi connectivity index (χ3v) is 4.01. The highest BCUT2D eigenvalue weighted by Crippen LogP contribution is 2.34. The van der Waals surface area contributed by atoms with Crippen molar-refractivity contribution < 1.29 is 22.7 Å². The third kappa shape index (κ3) is 5.12. The number of hydrogen-bond donors (Lipinski definition) is 1.